The Morgan fingerprint density at radius 3 is 2.61 bits per heavy atom. The van der Waals surface area contributed by atoms with Crippen LogP contribution in [0.3, 0.4) is 0 Å². The van der Waals surface area contributed by atoms with E-state index in [1.165, 1.54) is 11.3 Å². The first kappa shape index (κ1) is 11.1. The first-order chi connectivity index (χ1) is 8.74. The molecular weight excluding hydrogens is 242 g/mol. The van der Waals surface area contributed by atoms with Gasteiger partial charge in [0, 0.05) is 10.9 Å². The summed E-state index contributed by atoms with van der Waals surface area (Å²) < 4.78 is 0. The van der Waals surface area contributed by atoms with E-state index in [2.05, 4.69) is 4.98 Å². The van der Waals surface area contributed by atoms with Crippen LogP contribution in [-0.4, -0.2) is 10.8 Å². The summed E-state index contributed by atoms with van der Waals surface area (Å²) in [4.78, 5) is 16.5. The highest BCUT2D eigenvalue weighted by Crippen LogP contribution is 2.19. The van der Waals surface area contributed by atoms with Gasteiger partial charge in [-0.15, -0.1) is 11.3 Å². The minimum Gasteiger partial charge on any atom is -0.287 e. The van der Waals surface area contributed by atoms with Crippen LogP contribution in [0.1, 0.15) is 21.1 Å². The highest BCUT2D eigenvalue weighted by atomic mass is 32.1. The molecule has 18 heavy (non-hydrogen) atoms. The molecule has 0 N–H and O–H groups in total. The average molecular weight is 253 g/mol. The third-order valence-corrected chi connectivity index (χ3v) is 3.64. The fourth-order valence-corrected chi connectivity index (χ4v) is 2.54. The number of aryl methyl sites for hydroxylation is 1. The van der Waals surface area contributed by atoms with Gasteiger partial charge in [-0.3, -0.25) is 4.79 Å². The molecule has 0 bridgehead atoms. The third-order valence-electron chi connectivity index (χ3n) is 2.86. The number of hydrogen-bond acceptors (Lipinski definition) is 3. The van der Waals surface area contributed by atoms with Gasteiger partial charge < -0.3 is 0 Å². The van der Waals surface area contributed by atoms with Gasteiger partial charge >= 0.3 is 0 Å². The molecule has 0 fully saturated rings. The minimum atomic E-state index is -0.00916. The van der Waals surface area contributed by atoms with Crippen molar-refractivity contribution >= 4 is 27.9 Å². The Hall–Kier alpha value is -2.00. The average Bonchev–Trinajstić information content (AvgIpc) is 2.84. The molecule has 0 spiro atoms. The van der Waals surface area contributed by atoms with E-state index in [0.717, 1.165) is 15.8 Å². The number of carbonyl (C=O) groups excluding carboxylic acids is 1. The second-order valence-corrected chi connectivity index (χ2v) is 5.21. The lowest BCUT2D eigenvalue weighted by atomic mass is 10.0. The van der Waals surface area contributed by atoms with Crippen molar-refractivity contribution in [2.45, 2.75) is 6.92 Å². The summed E-state index contributed by atoms with van der Waals surface area (Å²) in [5.41, 5.74) is 1.23. The zero-order chi connectivity index (χ0) is 12.5. The molecule has 0 atom stereocenters. The first-order valence-electron chi connectivity index (χ1n) is 5.70. The number of carbonyl (C=O) groups is 1. The number of benzene rings is 2. The Morgan fingerprint density at radius 1 is 1.11 bits per heavy atom. The van der Waals surface area contributed by atoms with Crippen LogP contribution in [-0.2, 0) is 0 Å². The molecule has 1 heterocycles. The number of hydrogen-bond donors (Lipinski definition) is 0. The van der Waals surface area contributed by atoms with Crippen LogP contribution >= 0.6 is 11.3 Å². The summed E-state index contributed by atoms with van der Waals surface area (Å²) in [6.07, 6.45) is 0. The van der Waals surface area contributed by atoms with E-state index in [1.807, 2.05) is 54.8 Å². The predicted molar refractivity (Wildman–Crippen MR) is 74.2 cm³/mol. The van der Waals surface area contributed by atoms with Gasteiger partial charge in [-0.25, -0.2) is 4.98 Å². The van der Waals surface area contributed by atoms with Crippen molar-refractivity contribution in [2.24, 2.45) is 0 Å². The quantitative estimate of drug-likeness (QED) is 0.649. The van der Waals surface area contributed by atoms with Gasteiger partial charge in [0.15, 0.2) is 0 Å². The van der Waals surface area contributed by atoms with E-state index in [1.54, 1.807) is 0 Å². The Morgan fingerprint density at radius 2 is 1.89 bits per heavy atom. The normalized spacial score (nSPS) is 10.7. The molecule has 0 saturated carbocycles. The largest absolute Gasteiger partial charge is 0.287 e. The Kier molecular flexibility index (Phi) is 2.68. The Labute approximate surface area is 109 Å². The predicted octanol–water partition coefficient (Wildman–Crippen LogP) is 3.84. The lowest BCUT2D eigenvalue weighted by molar-refractivity contribution is 0.103. The zero-order valence-corrected chi connectivity index (χ0v) is 10.7. The van der Waals surface area contributed by atoms with Crippen LogP contribution in [0.5, 0.6) is 0 Å². The second-order valence-electron chi connectivity index (χ2n) is 4.14. The number of nitrogens with zero attached hydrogens (tertiary/aromatic N) is 1. The van der Waals surface area contributed by atoms with Crippen LogP contribution in [0.4, 0.5) is 0 Å². The maximum atomic E-state index is 12.2. The standard InChI is InChI=1S/C15H11NOS/c1-10-16-14(9-18-10)15(17)13-7-6-11-4-2-3-5-12(11)8-13/h2-9H,1H3. The molecule has 0 aliphatic carbocycles. The molecular formula is C15H11NOS. The van der Waals surface area contributed by atoms with E-state index in [0.29, 0.717) is 11.3 Å². The maximum absolute atomic E-state index is 12.2. The fourth-order valence-electron chi connectivity index (χ4n) is 1.95. The van der Waals surface area contributed by atoms with Crippen LogP contribution in [0, 0.1) is 6.92 Å². The molecule has 2 aromatic carbocycles. The Bertz CT molecular complexity index is 730. The first-order valence-corrected chi connectivity index (χ1v) is 6.57. The highest BCUT2D eigenvalue weighted by molar-refractivity contribution is 7.09. The molecule has 2 nitrogen and oxygen atoms in total. The summed E-state index contributed by atoms with van der Waals surface area (Å²) in [5.74, 6) is -0.00916. The molecule has 88 valence electrons. The van der Waals surface area contributed by atoms with Gasteiger partial charge in [0.05, 0.1) is 5.01 Å². The topological polar surface area (TPSA) is 30.0 Å². The number of rotatable bonds is 2. The van der Waals surface area contributed by atoms with Crippen molar-refractivity contribution in [3.63, 3.8) is 0 Å². The summed E-state index contributed by atoms with van der Waals surface area (Å²) in [5, 5.41) is 4.95. The van der Waals surface area contributed by atoms with Gasteiger partial charge in [-0.2, -0.15) is 0 Å². The number of fused-ring (bicyclic) bond motifs is 1. The molecule has 0 radical (unpaired) electrons. The lowest BCUT2D eigenvalue weighted by Gasteiger charge is -2.01. The zero-order valence-electron chi connectivity index (χ0n) is 9.88. The van der Waals surface area contributed by atoms with Crippen LogP contribution in [0.2, 0.25) is 0 Å². The van der Waals surface area contributed by atoms with Crippen molar-refractivity contribution in [3.05, 3.63) is 64.1 Å². The van der Waals surface area contributed by atoms with E-state index < -0.39 is 0 Å². The van der Waals surface area contributed by atoms with E-state index in [9.17, 15) is 4.79 Å². The van der Waals surface area contributed by atoms with Crippen LogP contribution in [0.15, 0.2) is 47.8 Å². The molecule has 0 aliphatic rings. The highest BCUT2D eigenvalue weighted by Gasteiger charge is 2.12. The SMILES string of the molecule is Cc1nc(C(=O)c2ccc3ccccc3c2)cs1. The number of aromatic nitrogens is 1. The van der Waals surface area contributed by atoms with Crippen molar-refractivity contribution in [1.29, 1.82) is 0 Å². The van der Waals surface area contributed by atoms with Gasteiger partial charge in [0.2, 0.25) is 5.78 Å². The number of ketones is 1. The monoisotopic (exact) mass is 253 g/mol. The maximum Gasteiger partial charge on any atom is 0.212 e. The summed E-state index contributed by atoms with van der Waals surface area (Å²) >= 11 is 1.50. The summed E-state index contributed by atoms with van der Waals surface area (Å²) in [7, 11) is 0. The lowest BCUT2D eigenvalue weighted by Crippen LogP contribution is -2.01. The smallest absolute Gasteiger partial charge is 0.212 e. The van der Waals surface area contributed by atoms with Gasteiger partial charge in [0.25, 0.3) is 0 Å². The summed E-state index contributed by atoms with van der Waals surface area (Å²) in [6.45, 7) is 1.90. The van der Waals surface area contributed by atoms with Crippen molar-refractivity contribution in [1.82, 2.24) is 4.98 Å². The van der Waals surface area contributed by atoms with Gasteiger partial charge in [0.1, 0.15) is 5.69 Å². The van der Waals surface area contributed by atoms with Crippen molar-refractivity contribution in [3.8, 4) is 0 Å². The van der Waals surface area contributed by atoms with Gasteiger partial charge in [-0.05, 0) is 23.8 Å². The summed E-state index contributed by atoms with van der Waals surface area (Å²) in [6, 6.07) is 13.8. The minimum absolute atomic E-state index is 0.00916. The molecule has 3 heteroatoms. The van der Waals surface area contributed by atoms with Crippen molar-refractivity contribution in [2.75, 3.05) is 0 Å². The molecule has 3 aromatic rings. The van der Waals surface area contributed by atoms with E-state index in [4.69, 9.17) is 0 Å². The Balaban J connectivity index is 2.06. The van der Waals surface area contributed by atoms with Crippen LogP contribution in [0.25, 0.3) is 10.8 Å². The van der Waals surface area contributed by atoms with E-state index in [-0.39, 0.29) is 5.78 Å². The van der Waals surface area contributed by atoms with Crippen LogP contribution < -0.4 is 0 Å². The molecule has 0 amide bonds. The molecule has 0 unspecified atom stereocenters. The van der Waals surface area contributed by atoms with E-state index >= 15 is 0 Å². The number of thiazole rings is 1. The van der Waals surface area contributed by atoms with Gasteiger partial charge in [-0.1, -0.05) is 36.4 Å². The molecule has 1 aromatic heterocycles. The van der Waals surface area contributed by atoms with Crippen molar-refractivity contribution < 1.29 is 4.79 Å². The molecule has 0 saturated heterocycles. The molecule has 0 aliphatic heterocycles. The third kappa shape index (κ3) is 1.93. The second kappa shape index (κ2) is 4.35. The molecule has 3 rings (SSSR count). The fraction of sp³-hybridized carbons (Fsp3) is 0.0667.